The molecule has 0 saturated carbocycles. The average molecular weight is 427 g/mol. The summed E-state index contributed by atoms with van der Waals surface area (Å²) in [6.45, 7) is 5.24. The maximum Gasteiger partial charge on any atom is 0.326 e. The first kappa shape index (κ1) is 21.4. The van der Waals surface area contributed by atoms with E-state index in [1.807, 2.05) is 24.5 Å². The summed E-state index contributed by atoms with van der Waals surface area (Å²) in [6.07, 6.45) is 1.65. The van der Waals surface area contributed by atoms with E-state index >= 15 is 0 Å². The van der Waals surface area contributed by atoms with Crippen LogP contribution in [0.4, 0.5) is 4.79 Å². The van der Waals surface area contributed by atoms with Crippen LogP contribution in [0.25, 0.3) is 11.8 Å². The fourth-order valence-electron chi connectivity index (χ4n) is 3.22. The minimum atomic E-state index is -0.626. The van der Waals surface area contributed by atoms with Gasteiger partial charge in [0.05, 0.1) is 11.5 Å². The molecular weight excluding hydrogens is 406 g/mol. The number of hydrogen-bond acceptors (Lipinski definition) is 6. The van der Waals surface area contributed by atoms with Gasteiger partial charge in [0, 0.05) is 22.6 Å². The van der Waals surface area contributed by atoms with Gasteiger partial charge >= 0.3 is 5.97 Å². The van der Waals surface area contributed by atoms with E-state index in [2.05, 4.69) is 0 Å². The highest BCUT2D eigenvalue weighted by Crippen LogP contribution is 2.33. The number of nitrogens with zero attached hydrogens (tertiary/aromatic N) is 2. The summed E-state index contributed by atoms with van der Waals surface area (Å²) in [4.78, 5) is 48.8. The van der Waals surface area contributed by atoms with Crippen molar-refractivity contribution < 1.29 is 23.9 Å². The molecule has 2 N–H and O–H groups in total. The number of imide groups is 1. The Kier molecular flexibility index (Phi) is 6.12. The molecule has 156 valence electrons. The third-order valence-corrected chi connectivity index (χ3v) is 5.54. The van der Waals surface area contributed by atoms with E-state index in [4.69, 9.17) is 10.5 Å². The summed E-state index contributed by atoms with van der Waals surface area (Å²) in [5, 5.41) is -0.504. The van der Waals surface area contributed by atoms with E-state index in [1.54, 1.807) is 37.3 Å². The SMILES string of the molecule is CCOC(=O)CN1C(=O)S/C(=C/c2cc(C)n(-c3ccc(C(N)=O)cc3)c2C)C1=O. The topological polar surface area (TPSA) is 112 Å². The Balaban J connectivity index is 1.89. The van der Waals surface area contributed by atoms with Gasteiger partial charge in [-0.25, -0.2) is 0 Å². The number of ether oxygens (including phenoxy) is 1. The van der Waals surface area contributed by atoms with Crippen molar-refractivity contribution in [2.24, 2.45) is 5.73 Å². The van der Waals surface area contributed by atoms with Gasteiger partial charge in [-0.3, -0.25) is 24.1 Å². The van der Waals surface area contributed by atoms with E-state index in [9.17, 15) is 19.2 Å². The predicted molar refractivity (Wildman–Crippen MR) is 113 cm³/mol. The van der Waals surface area contributed by atoms with Crippen molar-refractivity contribution in [3.05, 3.63) is 57.8 Å². The van der Waals surface area contributed by atoms with Crippen LogP contribution in [-0.4, -0.2) is 45.6 Å². The summed E-state index contributed by atoms with van der Waals surface area (Å²) in [7, 11) is 0. The number of nitrogens with two attached hydrogens (primary N) is 1. The van der Waals surface area contributed by atoms with Gasteiger partial charge < -0.3 is 15.0 Å². The largest absolute Gasteiger partial charge is 0.465 e. The van der Waals surface area contributed by atoms with E-state index in [0.29, 0.717) is 5.56 Å². The minimum Gasteiger partial charge on any atom is -0.465 e. The van der Waals surface area contributed by atoms with Crippen LogP contribution in [0.3, 0.4) is 0 Å². The number of rotatable bonds is 6. The Morgan fingerprint density at radius 1 is 1.17 bits per heavy atom. The van der Waals surface area contributed by atoms with Crippen LogP contribution in [0.5, 0.6) is 0 Å². The highest BCUT2D eigenvalue weighted by Gasteiger charge is 2.36. The molecule has 2 heterocycles. The number of benzene rings is 1. The second kappa shape index (κ2) is 8.58. The van der Waals surface area contributed by atoms with Crippen LogP contribution in [0.2, 0.25) is 0 Å². The van der Waals surface area contributed by atoms with Gasteiger partial charge in [-0.15, -0.1) is 0 Å². The lowest BCUT2D eigenvalue weighted by Crippen LogP contribution is -2.34. The molecule has 0 atom stereocenters. The van der Waals surface area contributed by atoms with Crippen LogP contribution in [0.15, 0.2) is 35.2 Å². The number of aromatic nitrogens is 1. The van der Waals surface area contributed by atoms with Crippen molar-refractivity contribution in [2.75, 3.05) is 13.2 Å². The summed E-state index contributed by atoms with van der Waals surface area (Å²) in [5.74, 6) is -1.64. The van der Waals surface area contributed by atoms with Gasteiger partial charge in [0.25, 0.3) is 11.1 Å². The molecule has 0 radical (unpaired) electrons. The smallest absolute Gasteiger partial charge is 0.326 e. The van der Waals surface area contributed by atoms with Gasteiger partial charge in [0.1, 0.15) is 6.54 Å². The molecule has 1 saturated heterocycles. The molecule has 30 heavy (non-hydrogen) atoms. The number of thioether (sulfide) groups is 1. The van der Waals surface area contributed by atoms with Crippen molar-refractivity contribution in [2.45, 2.75) is 20.8 Å². The quantitative estimate of drug-likeness (QED) is 0.560. The molecule has 2 aromatic rings. The summed E-state index contributed by atoms with van der Waals surface area (Å²) in [6, 6.07) is 8.78. The lowest BCUT2D eigenvalue weighted by atomic mass is 10.2. The van der Waals surface area contributed by atoms with E-state index in [1.165, 1.54) is 0 Å². The monoisotopic (exact) mass is 427 g/mol. The van der Waals surface area contributed by atoms with E-state index in [-0.39, 0.29) is 11.5 Å². The molecule has 8 nitrogen and oxygen atoms in total. The molecule has 9 heteroatoms. The Bertz CT molecular complexity index is 1070. The number of primary amides is 1. The van der Waals surface area contributed by atoms with Crippen LogP contribution >= 0.6 is 11.8 Å². The fraction of sp³-hybridized carbons (Fsp3) is 0.238. The van der Waals surface area contributed by atoms with Gasteiger partial charge in [-0.05, 0) is 74.5 Å². The zero-order valence-electron chi connectivity index (χ0n) is 16.8. The first-order chi connectivity index (χ1) is 14.2. The van der Waals surface area contributed by atoms with E-state index < -0.39 is 29.6 Å². The Labute approximate surface area is 177 Å². The van der Waals surface area contributed by atoms with Crippen LogP contribution in [0.1, 0.15) is 34.2 Å². The standard InChI is InChI=1S/C21H21N3O5S/c1-4-29-18(25)11-23-20(27)17(30-21(23)28)10-15-9-12(2)24(13(15)3)16-7-5-14(6-8-16)19(22)26/h5-10H,4,11H2,1-3H3,(H2,22,26)/b17-10+. The highest BCUT2D eigenvalue weighted by molar-refractivity contribution is 8.18. The number of carbonyl (C=O) groups is 4. The maximum atomic E-state index is 12.6. The molecule has 0 spiro atoms. The lowest BCUT2D eigenvalue weighted by molar-refractivity contribution is -0.145. The van der Waals surface area contributed by atoms with Crippen molar-refractivity contribution in [3.63, 3.8) is 0 Å². The van der Waals surface area contributed by atoms with Gasteiger partial charge in [0.2, 0.25) is 5.91 Å². The summed E-state index contributed by atoms with van der Waals surface area (Å²) < 4.78 is 6.79. The molecule has 3 rings (SSSR count). The molecule has 1 aromatic carbocycles. The number of amides is 3. The minimum absolute atomic E-state index is 0.178. The van der Waals surface area contributed by atoms with Gasteiger partial charge in [-0.2, -0.15) is 0 Å². The Hall–Kier alpha value is -3.33. The fourth-order valence-corrected chi connectivity index (χ4v) is 4.05. The third kappa shape index (κ3) is 4.16. The average Bonchev–Trinajstić information content (AvgIpc) is 3.12. The second-order valence-corrected chi connectivity index (χ2v) is 7.64. The first-order valence-corrected chi connectivity index (χ1v) is 10.0. The number of esters is 1. The number of hydrogen-bond donors (Lipinski definition) is 1. The molecular formula is C21H21N3O5S. The Morgan fingerprint density at radius 3 is 2.43 bits per heavy atom. The van der Waals surface area contributed by atoms with Gasteiger partial charge in [0.15, 0.2) is 0 Å². The van der Waals surface area contributed by atoms with Crippen molar-refractivity contribution in [1.29, 1.82) is 0 Å². The molecule has 0 unspecified atom stereocenters. The lowest BCUT2D eigenvalue weighted by Gasteiger charge is -2.11. The molecule has 1 aromatic heterocycles. The molecule has 0 aliphatic carbocycles. The molecule has 1 aliphatic heterocycles. The van der Waals surface area contributed by atoms with E-state index in [0.717, 1.165) is 39.3 Å². The van der Waals surface area contributed by atoms with Crippen LogP contribution in [-0.2, 0) is 14.3 Å². The highest BCUT2D eigenvalue weighted by atomic mass is 32.2. The van der Waals surface area contributed by atoms with Crippen LogP contribution < -0.4 is 5.73 Å². The number of carbonyl (C=O) groups excluding carboxylic acids is 4. The van der Waals surface area contributed by atoms with Crippen LogP contribution in [0, 0.1) is 13.8 Å². The zero-order valence-corrected chi connectivity index (χ0v) is 17.6. The summed E-state index contributed by atoms with van der Waals surface area (Å²) >= 11 is 0.792. The summed E-state index contributed by atoms with van der Waals surface area (Å²) in [5.41, 5.74) is 9.09. The molecule has 1 aliphatic rings. The second-order valence-electron chi connectivity index (χ2n) is 6.65. The van der Waals surface area contributed by atoms with Crippen molar-refractivity contribution in [3.8, 4) is 5.69 Å². The molecule has 0 bridgehead atoms. The zero-order chi connectivity index (χ0) is 22.0. The number of aryl methyl sites for hydroxylation is 1. The maximum absolute atomic E-state index is 12.6. The first-order valence-electron chi connectivity index (χ1n) is 9.23. The van der Waals surface area contributed by atoms with Gasteiger partial charge in [-0.1, -0.05) is 0 Å². The predicted octanol–water partition coefficient (Wildman–Crippen LogP) is 2.79. The molecule has 3 amide bonds. The van der Waals surface area contributed by atoms with Crippen molar-refractivity contribution >= 4 is 40.9 Å². The Morgan fingerprint density at radius 2 is 1.83 bits per heavy atom. The normalized spacial score (nSPS) is 15.2. The molecule has 1 fully saturated rings. The third-order valence-electron chi connectivity index (χ3n) is 4.63. The van der Waals surface area contributed by atoms with Crippen molar-refractivity contribution in [1.82, 2.24) is 9.47 Å².